The standard InChI is InChI=1S/C27H24FN3O4/c1-17-8-10-22(18(2)12-17)31-27(33)20(15-29)13-19-9-11-24(25(14-19)34-3)35-16-26(32)30-23-7-5-4-6-21(23)28/h4-14H,16H2,1-3H3,(H,30,32)(H,31,33). The second-order valence-electron chi connectivity index (χ2n) is 7.67. The summed E-state index contributed by atoms with van der Waals surface area (Å²) in [6, 6.07) is 18.1. The number of methoxy groups -OCH3 is 1. The molecule has 0 atom stereocenters. The van der Waals surface area contributed by atoms with E-state index in [0.29, 0.717) is 17.0 Å². The van der Waals surface area contributed by atoms with E-state index in [4.69, 9.17) is 9.47 Å². The van der Waals surface area contributed by atoms with Crippen LogP contribution in [0.3, 0.4) is 0 Å². The van der Waals surface area contributed by atoms with Crippen LogP contribution in [-0.2, 0) is 9.59 Å². The number of benzene rings is 3. The molecule has 0 heterocycles. The molecule has 0 bridgehead atoms. The summed E-state index contributed by atoms with van der Waals surface area (Å²) >= 11 is 0. The molecule has 3 aromatic rings. The van der Waals surface area contributed by atoms with Gasteiger partial charge in [0.05, 0.1) is 12.8 Å². The van der Waals surface area contributed by atoms with Crippen LogP contribution in [0.25, 0.3) is 6.08 Å². The first-order valence-electron chi connectivity index (χ1n) is 10.7. The number of nitrogens with zero attached hydrogens (tertiary/aromatic N) is 1. The summed E-state index contributed by atoms with van der Waals surface area (Å²) in [6.07, 6.45) is 1.43. The first-order chi connectivity index (χ1) is 16.8. The Morgan fingerprint density at radius 3 is 2.46 bits per heavy atom. The van der Waals surface area contributed by atoms with Crippen molar-refractivity contribution in [1.82, 2.24) is 0 Å². The molecular formula is C27H24FN3O4. The molecule has 178 valence electrons. The van der Waals surface area contributed by atoms with Crippen LogP contribution < -0.4 is 20.1 Å². The van der Waals surface area contributed by atoms with E-state index in [1.54, 1.807) is 30.3 Å². The molecule has 0 spiro atoms. The molecule has 3 rings (SSSR count). The number of nitriles is 1. The van der Waals surface area contributed by atoms with Gasteiger partial charge in [0.15, 0.2) is 18.1 Å². The van der Waals surface area contributed by atoms with Crippen LogP contribution in [0.4, 0.5) is 15.8 Å². The fraction of sp³-hybridized carbons (Fsp3) is 0.148. The molecule has 2 N–H and O–H groups in total. The van der Waals surface area contributed by atoms with Gasteiger partial charge in [-0.1, -0.05) is 35.9 Å². The Kier molecular flexibility index (Phi) is 8.20. The predicted octanol–water partition coefficient (Wildman–Crippen LogP) is 5.01. The fourth-order valence-electron chi connectivity index (χ4n) is 3.24. The number of para-hydroxylation sites is 1. The summed E-state index contributed by atoms with van der Waals surface area (Å²) in [5.74, 6) is -1.07. The zero-order chi connectivity index (χ0) is 25.4. The smallest absolute Gasteiger partial charge is 0.266 e. The van der Waals surface area contributed by atoms with Crippen LogP contribution in [-0.4, -0.2) is 25.5 Å². The third kappa shape index (κ3) is 6.68. The summed E-state index contributed by atoms with van der Waals surface area (Å²) in [4.78, 5) is 24.8. The number of hydrogen-bond donors (Lipinski definition) is 2. The first kappa shape index (κ1) is 25.0. The van der Waals surface area contributed by atoms with Crippen molar-refractivity contribution in [2.75, 3.05) is 24.4 Å². The molecule has 0 saturated carbocycles. The minimum absolute atomic E-state index is 0.0525. The second kappa shape index (κ2) is 11.5. The Bertz CT molecular complexity index is 1330. The number of aryl methyl sites for hydroxylation is 2. The summed E-state index contributed by atoms with van der Waals surface area (Å²) in [5, 5.41) is 14.7. The lowest BCUT2D eigenvalue weighted by atomic mass is 10.1. The predicted molar refractivity (Wildman–Crippen MR) is 132 cm³/mol. The summed E-state index contributed by atoms with van der Waals surface area (Å²) in [5.41, 5.74) is 3.06. The minimum Gasteiger partial charge on any atom is -0.493 e. The first-order valence-corrected chi connectivity index (χ1v) is 10.7. The molecule has 0 aliphatic carbocycles. The van der Waals surface area contributed by atoms with Gasteiger partial charge in [0, 0.05) is 5.69 Å². The van der Waals surface area contributed by atoms with E-state index in [1.165, 1.54) is 31.4 Å². The molecule has 35 heavy (non-hydrogen) atoms. The topological polar surface area (TPSA) is 100 Å². The molecule has 0 aliphatic heterocycles. The number of carbonyl (C=O) groups excluding carboxylic acids is 2. The van der Waals surface area contributed by atoms with Crippen LogP contribution in [0.15, 0.2) is 66.2 Å². The van der Waals surface area contributed by atoms with E-state index in [-0.39, 0.29) is 23.6 Å². The molecule has 3 aromatic carbocycles. The fourth-order valence-corrected chi connectivity index (χ4v) is 3.24. The Balaban J connectivity index is 1.70. The lowest BCUT2D eigenvalue weighted by Crippen LogP contribution is -2.21. The van der Waals surface area contributed by atoms with Gasteiger partial charge >= 0.3 is 0 Å². The molecule has 2 amide bonds. The van der Waals surface area contributed by atoms with E-state index in [2.05, 4.69) is 10.6 Å². The van der Waals surface area contributed by atoms with Gasteiger partial charge in [-0.05, 0) is 61.4 Å². The summed E-state index contributed by atoms with van der Waals surface area (Å²) < 4.78 is 24.5. The number of rotatable bonds is 8. The molecular weight excluding hydrogens is 449 g/mol. The third-order valence-electron chi connectivity index (χ3n) is 5.00. The van der Waals surface area contributed by atoms with Crippen molar-refractivity contribution >= 4 is 29.3 Å². The highest BCUT2D eigenvalue weighted by Crippen LogP contribution is 2.29. The second-order valence-corrected chi connectivity index (χ2v) is 7.67. The number of nitrogens with one attached hydrogen (secondary N) is 2. The van der Waals surface area contributed by atoms with Gasteiger partial charge in [-0.3, -0.25) is 9.59 Å². The molecule has 8 heteroatoms. The largest absolute Gasteiger partial charge is 0.493 e. The third-order valence-corrected chi connectivity index (χ3v) is 5.00. The Hall–Kier alpha value is -4.64. The van der Waals surface area contributed by atoms with Gasteiger partial charge in [-0.2, -0.15) is 5.26 Å². The Labute approximate surface area is 202 Å². The van der Waals surface area contributed by atoms with Crippen molar-refractivity contribution in [3.05, 3.63) is 88.7 Å². The maximum Gasteiger partial charge on any atom is 0.266 e. The molecule has 0 radical (unpaired) electrons. The quantitative estimate of drug-likeness (QED) is 0.354. The average Bonchev–Trinajstić information content (AvgIpc) is 2.84. The molecule has 0 saturated heterocycles. The van der Waals surface area contributed by atoms with E-state index in [0.717, 1.165) is 11.1 Å². The van der Waals surface area contributed by atoms with E-state index in [1.807, 2.05) is 32.0 Å². The van der Waals surface area contributed by atoms with Crippen molar-refractivity contribution < 1.29 is 23.5 Å². The number of ether oxygens (including phenoxy) is 2. The normalized spacial score (nSPS) is 10.8. The number of anilines is 2. The van der Waals surface area contributed by atoms with Crippen molar-refractivity contribution in [3.63, 3.8) is 0 Å². The van der Waals surface area contributed by atoms with Crippen molar-refractivity contribution in [2.24, 2.45) is 0 Å². The number of halogens is 1. The van der Waals surface area contributed by atoms with Crippen LogP contribution >= 0.6 is 0 Å². The molecule has 7 nitrogen and oxygen atoms in total. The highest BCUT2D eigenvalue weighted by molar-refractivity contribution is 6.10. The lowest BCUT2D eigenvalue weighted by molar-refractivity contribution is -0.118. The van der Waals surface area contributed by atoms with Crippen molar-refractivity contribution in [2.45, 2.75) is 13.8 Å². The molecule has 0 fully saturated rings. The zero-order valence-electron chi connectivity index (χ0n) is 19.5. The van der Waals surface area contributed by atoms with Crippen LogP contribution in [0, 0.1) is 31.0 Å². The van der Waals surface area contributed by atoms with Crippen LogP contribution in [0.1, 0.15) is 16.7 Å². The van der Waals surface area contributed by atoms with Gasteiger partial charge in [-0.15, -0.1) is 0 Å². The maximum absolute atomic E-state index is 13.7. The van der Waals surface area contributed by atoms with Crippen molar-refractivity contribution in [1.29, 1.82) is 5.26 Å². The van der Waals surface area contributed by atoms with E-state index in [9.17, 15) is 19.2 Å². The summed E-state index contributed by atoms with van der Waals surface area (Å²) in [7, 11) is 1.42. The number of carbonyl (C=O) groups is 2. The SMILES string of the molecule is COc1cc(C=C(C#N)C(=O)Nc2ccc(C)cc2C)ccc1OCC(=O)Nc1ccccc1F. The molecule has 0 aliphatic rings. The van der Waals surface area contributed by atoms with E-state index >= 15 is 0 Å². The molecule has 0 unspecified atom stereocenters. The average molecular weight is 474 g/mol. The van der Waals surface area contributed by atoms with Gasteiger partial charge in [0.1, 0.15) is 17.5 Å². The van der Waals surface area contributed by atoms with Gasteiger partial charge in [0.25, 0.3) is 11.8 Å². The monoisotopic (exact) mass is 473 g/mol. The van der Waals surface area contributed by atoms with Gasteiger partial charge in [0.2, 0.25) is 0 Å². The highest BCUT2D eigenvalue weighted by atomic mass is 19.1. The van der Waals surface area contributed by atoms with Gasteiger partial charge in [-0.25, -0.2) is 4.39 Å². The van der Waals surface area contributed by atoms with E-state index < -0.39 is 17.6 Å². The lowest BCUT2D eigenvalue weighted by Gasteiger charge is -2.12. The number of amides is 2. The van der Waals surface area contributed by atoms with Crippen LogP contribution in [0.5, 0.6) is 11.5 Å². The van der Waals surface area contributed by atoms with Crippen molar-refractivity contribution in [3.8, 4) is 17.6 Å². The molecule has 0 aromatic heterocycles. The minimum atomic E-state index is -0.551. The Morgan fingerprint density at radius 1 is 1.00 bits per heavy atom. The summed E-state index contributed by atoms with van der Waals surface area (Å²) in [6.45, 7) is 3.45. The highest BCUT2D eigenvalue weighted by Gasteiger charge is 2.13. The maximum atomic E-state index is 13.7. The number of hydrogen-bond acceptors (Lipinski definition) is 5. The van der Waals surface area contributed by atoms with Crippen LogP contribution in [0.2, 0.25) is 0 Å². The zero-order valence-corrected chi connectivity index (χ0v) is 19.5. The van der Waals surface area contributed by atoms with Gasteiger partial charge < -0.3 is 20.1 Å². The Morgan fingerprint density at radius 2 is 1.77 bits per heavy atom.